The number of benzene rings is 1. The molecule has 1 aliphatic rings. The molecule has 0 aromatic heterocycles. The fraction of sp³-hybridized carbons (Fsp3) is 0.429. The summed E-state index contributed by atoms with van der Waals surface area (Å²) in [6.07, 6.45) is 0.923. The van der Waals surface area contributed by atoms with E-state index in [9.17, 15) is 9.90 Å². The molecule has 4 nitrogen and oxygen atoms in total. The standard InChI is InChI=1S/C14H18N2O2S/c1-9-5-6-16(12(9)8-17)14(18)11-4-2-3-10(7-11)13(15)19/h2-4,7,9,12,17H,5-6,8H2,1H3,(H2,15,19). The predicted molar refractivity (Wildman–Crippen MR) is 78.0 cm³/mol. The second kappa shape index (κ2) is 5.67. The first kappa shape index (κ1) is 14.0. The average Bonchev–Trinajstić information content (AvgIpc) is 2.79. The van der Waals surface area contributed by atoms with Gasteiger partial charge in [0.05, 0.1) is 12.6 Å². The fourth-order valence-corrected chi connectivity index (χ4v) is 2.64. The number of carbonyl (C=O) groups excluding carboxylic acids is 1. The third kappa shape index (κ3) is 2.77. The molecule has 1 heterocycles. The summed E-state index contributed by atoms with van der Waals surface area (Å²) < 4.78 is 0. The van der Waals surface area contributed by atoms with E-state index in [2.05, 4.69) is 6.92 Å². The first-order chi connectivity index (χ1) is 9.04. The monoisotopic (exact) mass is 278 g/mol. The maximum atomic E-state index is 12.5. The van der Waals surface area contributed by atoms with Crippen LogP contribution in [0, 0.1) is 5.92 Å². The molecule has 1 aromatic rings. The van der Waals surface area contributed by atoms with Crippen molar-refractivity contribution in [1.82, 2.24) is 4.90 Å². The van der Waals surface area contributed by atoms with Gasteiger partial charge in [0.2, 0.25) is 0 Å². The molecule has 2 atom stereocenters. The van der Waals surface area contributed by atoms with Gasteiger partial charge in [-0.05, 0) is 24.5 Å². The minimum atomic E-state index is -0.0963. The van der Waals surface area contributed by atoms with Crippen LogP contribution in [0.4, 0.5) is 0 Å². The van der Waals surface area contributed by atoms with Crippen molar-refractivity contribution in [2.45, 2.75) is 19.4 Å². The molecule has 2 unspecified atom stereocenters. The Hall–Kier alpha value is -1.46. The number of hydrogen-bond acceptors (Lipinski definition) is 3. The number of thiocarbonyl (C=S) groups is 1. The zero-order valence-corrected chi connectivity index (χ0v) is 11.7. The molecular weight excluding hydrogens is 260 g/mol. The third-order valence-electron chi connectivity index (χ3n) is 3.72. The Labute approximate surface area is 118 Å². The average molecular weight is 278 g/mol. The van der Waals surface area contributed by atoms with Crippen molar-refractivity contribution in [1.29, 1.82) is 0 Å². The van der Waals surface area contributed by atoms with Gasteiger partial charge in [-0.3, -0.25) is 4.79 Å². The van der Waals surface area contributed by atoms with Crippen molar-refractivity contribution in [3.05, 3.63) is 35.4 Å². The highest BCUT2D eigenvalue weighted by Gasteiger charge is 2.34. The maximum absolute atomic E-state index is 12.5. The summed E-state index contributed by atoms with van der Waals surface area (Å²) in [5.74, 6) is 0.259. The number of hydrogen-bond donors (Lipinski definition) is 2. The van der Waals surface area contributed by atoms with Crippen LogP contribution in [-0.4, -0.2) is 40.1 Å². The lowest BCUT2D eigenvalue weighted by molar-refractivity contribution is 0.0648. The Balaban J connectivity index is 2.24. The normalized spacial score (nSPS) is 22.5. The first-order valence-corrected chi connectivity index (χ1v) is 6.77. The molecule has 1 aromatic carbocycles. The van der Waals surface area contributed by atoms with E-state index >= 15 is 0 Å². The van der Waals surface area contributed by atoms with E-state index < -0.39 is 0 Å². The van der Waals surface area contributed by atoms with Crippen LogP contribution in [0.1, 0.15) is 29.3 Å². The van der Waals surface area contributed by atoms with Crippen molar-refractivity contribution in [2.75, 3.05) is 13.2 Å². The number of aliphatic hydroxyl groups is 1. The molecule has 19 heavy (non-hydrogen) atoms. The minimum Gasteiger partial charge on any atom is -0.394 e. The van der Waals surface area contributed by atoms with Crippen LogP contribution in [0.3, 0.4) is 0 Å². The van der Waals surface area contributed by atoms with Crippen molar-refractivity contribution >= 4 is 23.1 Å². The van der Waals surface area contributed by atoms with Crippen LogP contribution in [0.2, 0.25) is 0 Å². The molecule has 3 N–H and O–H groups in total. The van der Waals surface area contributed by atoms with Crippen molar-refractivity contribution in [3.8, 4) is 0 Å². The van der Waals surface area contributed by atoms with Crippen molar-refractivity contribution in [2.24, 2.45) is 11.7 Å². The smallest absolute Gasteiger partial charge is 0.254 e. The van der Waals surface area contributed by atoms with E-state index in [0.717, 1.165) is 6.42 Å². The zero-order valence-electron chi connectivity index (χ0n) is 10.9. The Morgan fingerprint density at radius 1 is 1.53 bits per heavy atom. The Bertz CT molecular complexity index is 504. The lowest BCUT2D eigenvalue weighted by Crippen LogP contribution is -2.39. The van der Waals surface area contributed by atoms with Gasteiger partial charge in [-0.25, -0.2) is 0 Å². The molecule has 1 fully saturated rings. The summed E-state index contributed by atoms with van der Waals surface area (Å²) in [6.45, 7) is 2.74. The highest BCUT2D eigenvalue weighted by Crippen LogP contribution is 2.25. The molecule has 1 aliphatic heterocycles. The minimum absolute atomic E-state index is 0.00188. The summed E-state index contributed by atoms with van der Waals surface area (Å²) in [6, 6.07) is 6.93. The second-order valence-electron chi connectivity index (χ2n) is 4.96. The molecule has 102 valence electrons. The van der Waals surface area contributed by atoms with E-state index in [1.165, 1.54) is 0 Å². The molecular formula is C14H18N2O2S. The Kier molecular flexibility index (Phi) is 4.17. The highest BCUT2D eigenvalue weighted by molar-refractivity contribution is 7.80. The van der Waals surface area contributed by atoms with Crippen molar-refractivity contribution < 1.29 is 9.90 Å². The van der Waals surface area contributed by atoms with Gasteiger partial charge in [-0.2, -0.15) is 0 Å². The number of amides is 1. The summed E-state index contributed by atoms with van der Waals surface area (Å²) in [7, 11) is 0. The third-order valence-corrected chi connectivity index (χ3v) is 3.96. The lowest BCUT2D eigenvalue weighted by Gasteiger charge is -2.25. The van der Waals surface area contributed by atoms with Crippen molar-refractivity contribution in [3.63, 3.8) is 0 Å². The number of nitrogens with two attached hydrogens (primary N) is 1. The quantitative estimate of drug-likeness (QED) is 0.814. The van der Waals surface area contributed by atoms with Gasteiger partial charge in [-0.1, -0.05) is 31.3 Å². The van der Waals surface area contributed by atoms with Gasteiger partial charge in [-0.15, -0.1) is 0 Å². The fourth-order valence-electron chi connectivity index (χ4n) is 2.51. The first-order valence-electron chi connectivity index (χ1n) is 6.36. The molecule has 5 heteroatoms. The number of nitrogens with zero attached hydrogens (tertiary/aromatic N) is 1. The Morgan fingerprint density at radius 3 is 2.84 bits per heavy atom. The molecule has 0 saturated carbocycles. The van der Waals surface area contributed by atoms with Crippen LogP contribution in [0.5, 0.6) is 0 Å². The molecule has 0 radical (unpaired) electrons. The number of rotatable bonds is 3. The molecule has 1 saturated heterocycles. The van der Waals surface area contributed by atoms with E-state index in [4.69, 9.17) is 18.0 Å². The molecule has 0 aliphatic carbocycles. The Morgan fingerprint density at radius 2 is 2.21 bits per heavy atom. The molecule has 2 rings (SSSR count). The van der Waals surface area contributed by atoms with Gasteiger partial charge < -0.3 is 15.7 Å². The van der Waals surface area contributed by atoms with Crippen LogP contribution in [0.15, 0.2) is 24.3 Å². The second-order valence-corrected chi connectivity index (χ2v) is 5.40. The number of aliphatic hydroxyl groups excluding tert-OH is 1. The predicted octanol–water partition coefficient (Wildman–Crippen LogP) is 1.16. The van der Waals surface area contributed by atoms with Crippen LogP contribution in [0.25, 0.3) is 0 Å². The summed E-state index contributed by atoms with van der Waals surface area (Å²) >= 11 is 4.92. The molecule has 0 bridgehead atoms. The zero-order chi connectivity index (χ0) is 14.0. The topological polar surface area (TPSA) is 66.6 Å². The number of carbonyl (C=O) groups is 1. The SMILES string of the molecule is CC1CCN(C(=O)c2cccc(C(N)=S)c2)C1CO. The molecule has 0 spiro atoms. The maximum Gasteiger partial charge on any atom is 0.254 e. The highest BCUT2D eigenvalue weighted by atomic mass is 32.1. The number of likely N-dealkylation sites (tertiary alicyclic amines) is 1. The van der Waals surface area contributed by atoms with Crippen LogP contribution in [-0.2, 0) is 0 Å². The van der Waals surface area contributed by atoms with Gasteiger partial charge in [0.1, 0.15) is 4.99 Å². The van der Waals surface area contributed by atoms with Gasteiger partial charge >= 0.3 is 0 Å². The largest absolute Gasteiger partial charge is 0.394 e. The molecule has 1 amide bonds. The van der Waals surface area contributed by atoms with E-state index in [-0.39, 0.29) is 23.5 Å². The van der Waals surface area contributed by atoms with Gasteiger partial charge in [0, 0.05) is 17.7 Å². The van der Waals surface area contributed by atoms with Gasteiger partial charge in [0.25, 0.3) is 5.91 Å². The van der Waals surface area contributed by atoms with Crippen LogP contribution >= 0.6 is 12.2 Å². The van der Waals surface area contributed by atoms with Crippen LogP contribution < -0.4 is 5.73 Å². The summed E-state index contributed by atoms with van der Waals surface area (Å²) in [5, 5.41) is 9.41. The van der Waals surface area contributed by atoms with E-state index in [1.807, 2.05) is 0 Å². The lowest BCUT2D eigenvalue weighted by atomic mass is 10.0. The summed E-state index contributed by atoms with van der Waals surface area (Å²) in [5.41, 5.74) is 6.83. The van der Waals surface area contributed by atoms with Gasteiger partial charge in [0.15, 0.2) is 0 Å². The summed E-state index contributed by atoms with van der Waals surface area (Å²) in [4.78, 5) is 14.5. The van der Waals surface area contributed by atoms with E-state index in [0.29, 0.717) is 23.6 Å². The van der Waals surface area contributed by atoms with E-state index in [1.54, 1.807) is 29.2 Å².